The lowest BCUT2D eigenvalue weighted by Crippen LogP contribution is -2.76. The third kappa shape index (κ3) is 8.23. The molecule has 5 aromatic carbocycles. The lowest BCUT2D eigenvalue weighted by Gasteiger charge is -2.55. The Morgan fingerprint density at radius 2 is 1.47 bits per heavy atom. The van der Waals surface area contributed by atoms with Gasteiger partial charge < -0.3 is 30.1 Å². The van der Waals surface area contributed by atoms with Gasteiger partial charge in [0.2, 0.25) is 11.8 Å². The lowest BCUT2D eigenvalue weighted by atomic mass is 9.97. The van der Waals surface area contributed by atoms with Gasteiger partial charge in [0.15, 0.2) is 0 Å². The summed E-state index contributed by atoms with van der Waals surface area (Å²) in [6.07, 6.45) is 3.09. The van der Waals surface area contributed by atoms with E-state index in [1.165, 1.54) is 0 Å². The summed E-state index contributed by atoms with van der Waals surface area (Å²) in [5, 5.41) is 20.3. The van der Waals surface area contributed by atoms with Crippen molar-refractivity contribution in [1.82, 2.24) is 35.0 Å². The second kappa shape index (κ2) is 17.4. The van der Waals surface area contributed by atoms with Gasteiger partial charge in [-0.05, 0) is 52.1 Å². The van der Waals surface area contributed by atoms with Gasteiger partial charge in [0.1, 0.15) is 18.0 Å². The van der Waals surface area contributed by atoms with Crippen molar-refractivity contribution in [2.45, 2.75) is 38.3 Å². The van der Waals surface area contributed by atoms with Gasteiger partial charge in [-0.2, -0.15) is 0 Å². The third-order valence-electron chi connectivity index (χ3n) is 11.2. The number of hydrazine groups is 1. The van der Waals surface area contributed by atoms with Crippen molar-refractivity contribution in [3.8, 4) is 16.9 Å². The van der Waals surface area contributed by atoms with E-state index >= 15 is 0 Å². The Bertz CT molecular complexity index is 2520. The number of aryl methyl sites for hydroxylation is 1. The molecule has 2 saturated heterocycles. The number of benzene rings is 5. The van der Waals surface area contributed by atoms with Gasteiger partial charge >= 0.3 is 6.03 Å². The Balaban J connectivity index is 1.09. The topological polar surface area (TPSA) is 130 Å². The molecular weight excluding hydrogens is 755 g/mol. The van der Waals surface area contributed by atoms with Gasteiger partial charge in [-0.3, -0.25) is 14.4 Å². The highest BCUT2D eigenvalue weighted by Crippen LogP contribution is 2.35. The molecular formula is C48H47N7O5. The molecule has 2 atom stereocenters. The molecule has 0 saturated carbocycles. The highest BCUT2D eigenvalue weighted by Gasteiger charge is 2.51. The fourth-order valence-corrected chi connectivity index (χ4v) is 8.35. The largest absolute Gasteiger partial charge is 0.508 e. The Hall–Kier alpha value is -7.18. The molecule has 2 aliphatic rings. The van der Waals surface area contributed by atoms with Crippen LogP contribution < -0.4 is 10.6 Å². The molecule has 0 unspecified atom stereocenters. The van der Waals surface area contributed by atoms with Crippen LogP contribution in [0.4, 0.5) is 4.79 Å². The lowest BCUT2D eigenvalue weighted by molar-refractivity contribution is -0.189. The number of aromatic nitrogens is 1. The second-order valence-corrected chi connectivity index (χ2v) is 15.2. The predicted octanol–water partition coefficient (Wildman–Crippen LogP) is 6.22. The van der Waals surface area contributed by atoms with Gasteiger partial charge in [-0.1, -0.05) is 109 Å². The van der Waals surface area contributed by atoms with Gasteiger partial charge in [-0.15, -0.1) is 6.58 Å². The maximum absolute atomic E-state index is 14.8. The summed E-state index contributed by atoms with van der Waals surface area (Å²) < 4.78 is 2.05. The minimum Gasteiger partial charge on any atom is -0.508 e. The number of para-hydroxylation sites is 1. The molecule has 0 bridgehead atoms. The van der Waals surface area contributed by atoms with Crippen molar-refractivity contribution in [2.24, 2.45) is 7.05 Å². The Morgan fingerprint density at radius 1 is 0.800 bits per heavy atom. The summed E-state index contributed by atoms with van der Waals surface area (Å²) in [4.78, 5) is 59.4. The minimum absolute atomic E-state index is 0.0739. The predicted molar refractivity (Wildman–Crippen MR) is 230 cm³/mol. The first kappa shape index (κ1) is 39.6. The van der Waals surface area contributed by atoms with Crippen molar-refractivity contribution >= 4 is 34.7 Å². The van der Waals surface area contributed by atoms with E-state index in [9.17, 15) is 24.3 Å². The van der Waals surface area contributed by atoms with Crippen LogP contribution in [0, 0.1) is 0 Å². The van der Waals surface area contributed by atoms with Crippen molar-refractivity contribution in [3.63, 3.8) is 0 Å². The summed E-state index contributed by atoms with van der Waals surface area (Å²) in [6, 6.07) is 38.2. The maximum atomic E-state index is 14.8. The number of hydrogen-bond acceptors (Lipinski definition) is 6. The SMILES string of the molecule is C=CCN1CC(=O)N2[C@@H](Cc3ccc(O)cc3)C(=O)N(Cc3cccc4c(-c5ccc(C(=O)NCc6ccccc6)cc5)cn(C)c34)C[C@@H]2N1C(=O)NCc1ccccc1. The van der Waals surface area contributed by atoms with Crippen LogP contribution in [0.3, 0.4) is 0 Å². The average molecular weight is 802 g/mol. The minimum atomic E-state index is -0.914. The molecule has 12 heteroatoms. The summed E-state index contributed by atoms with van der Waals surface area (Å²) in [5.41, 5.74) is 7.03. The standard InChI is InChI=1S/C48H47N7O5/c1-3-25-53-32-44(57)54-42(26-33-17-23-39(56)24-18-33)47(59)52(31-43(54)55(53)48(60)50-28-35-13-8-5-9-14-35)29-38-15-10-16-40-41(30-51(2)45(38)40)36-19-21-37(22-20-36)46(58)49-27-34-11-6-4-7-12-34/h3-24,30,42-43,56H,1,25-29,31-32H2,2H3,(H,49,58)(H,50,60)/t42-,43-/m0/s1. The van der Waals surface area contributed by atoms with Gasteiger partial charge in [0.25, 0.3) is 5.91 Å². The zero-order valence-electron chi connectivity index (χ0n) is 33.4. The van der Waals surface area contributed by atoms with Crippen LogP contribution in [0.25, 0.3) is 22.0 Å². The first-order chi connectivity index (χ1) is 29.2. The number of carbonyl (C=O) groups is 4. The van der Waals surface area contributed by atoms with Crippen molar-refractivity contribution in [3.05, 3.63) is 174 Å². The quantitative estimate of drug-likeness (QED) is 0.126. The molecule has 3 N–H and O–H groups in total. The van der Waals surface area contributed by atoms with Crippen LogP contribution in [-0.4, -0.2) is 85.1 Å². The van der Waals surface area contributed by atoms with E-state index in [1.54, 1.807) is 50.2 Å². The molecule has 5 amide bonds. The van der Waals surface area contributed by atoms with E-state index < -0.39 is 18.2 Å². The number of phenols is 1. The second-order valence-electron chi connectivity index (χ2n) is 15.2. The van der Waals surface area contributed by atoms with Crippen molar-refractivity contribution in [1.29, 1.82) is 0 Å². The number of rotatable bonds is 12. The number of fused-ring (bicyclic) bond motifs is 2. The maximum Gasteiger partial charge on any atom is 0.334 e. The highest BCUT2D eigenvalue weighted by atomic mass is 16.3. The summed E-state index contributed by atoms with van der Waals surface area (Å²) in [6.45, 7) is 5.04. The first-order valence-corrected chi connectivity index (χ1v) is 20.0. The number of nitrogens with one attached hydrogen (secondary N) is 2. The zero-order valence-corrected chi connectivity index (χ0v) is 33.4. The van der Waals surface area contributed by atoms with E-state index in [4.69, 9.17) is 0 Å². The van der Waals surface area contributed by atoms with E-state index in [2.05, 4.69) is 28.0 Å². The van der Waals surface area contributed by atoms with E-state index in [0.717, 1.165) is 44.3 Å². The fourth-order valence-electron chi connectivity index (χ4n) is 8.35. The molecule has 0 aliphatic carbocycles. The van der Waals surface area contributed by atoms with Crippen LogP contribution in [0.2, 0.25) is 0 Å². The van der Waals surface area contributed by atoms with Crippen molar-refractivity contribution < 1.29 is 24.3 Å². The number of urea groups is 1. The Kier molecular flexibility index (Phi) is 11.5. The van der Waals surface area contributed by atoms with Crippen molar-refractivity contribution in [2.75, 3.05) is 19.6 Å². The Morgan fingerprint density at radius 3 is 2.13 bits per heavy atom. The number of piperazine rings is 1. The smallest absolute Gasteiger partial charge is 0.334 e. The molecule has 1 aromatic heterocycles. The molecule has 60 heavy (non-hydrogen) atoms. The number of hydrogen-bond donors (Lipinski definition) is 3. The van der Waals surface area contributed by atoms with Gasteiger partial charge in [0, 0.05) is 62.4 Å². The molecule has 6 aromatic rings. The zero-order chi connectivity index (χ0) is 41.8. The van der Waals surface area contributed by atoms with E-state index in [-0.39, 0.29) is 62.6 Å². The monoisotopic (exact) mass is 801 g/mol. The normalized spacial score (nSPS) is 16.8. The van der Waals surface area contributed by atoms with Crippen LogP contribution in [0.15, 0.2) is 146 Å². The van der Waals surface area contributed by atoms with Gasteiger partial charge in [0.05, 0.1) is 18.6 Å². The van der Waals surface area contributed by atoms with Gasteiger partial charge in [-0.25, -0.2) is 14.8 Å². The third-order valence-corrected chi connectivity index (χ3v) is 11.2. The van der Waals surface area contributed by atoms with Crippen LogP contribution in [-0.2, 0) is 42.7 Å². The molecule has 2 fully saturated rings. The van der Waals surface area contributed by atoms with Crippen LogP contribution in [0.1, 0.15) is 32.6 Å². The number of aromatic hydroxyl groups is 1. The highest BCUT2D eigenvalue weighted by molar-refractivity contribution is 5.99. The number of carbonyl (C=O) groups excluding carboxylic acids is 4. The number of phenolic OH excluding ortho intramolecular Hbond substituents is 1. The molecule has 8 rings (SSSR count). The molecule has 0 spiro atoms. The molecule has 12 nitrogen and oxygen atoms in total. The van der Waals surface area contributed by atoms with Crippen LogP contribution in [0.5, 0.6) is 5.75 Å². The number of nitrogens with zero attached hydrogens (tertiary/aromatic N) is 5. The molecule has 3 heterocycles. The van der Waals surface area contributed by atoms with E-state index in [1.807, 2.05) is 110 Å². The fraction of sp³-hybridized carbons (Fsp3) is 0.208. The Labute approximate surface area is 348 Å². The summed E-state index contributed by atoms with van der Waals surface area (Å²) >= 11 is 0. The molecule has 304 valence electrons. The summed E-state index contributed by atoms with van der Waals surface area (Å²) in [7, 11) is 1.97. The number of amides is 5. The summed E-state index contributed by atoms with van der Waals surface area (Å²) in [5.74, 6) is -0.556. The molecule has 0 radical (unpaired) electrons. The average Bonchev–Trinajstić information content (AvgIpc) is 3.61. The van der Waals surface area contributed by atoms with E-state index in [0.29, 0.717) is 12.1 Å². The first-order valence-electron chi connectivity index (χ1n) is 20.0. The van der Waals surface area contributed by atoms with Crippen LogP contribution >= 0.6 is 0 Å². The molecule has 2 aliphatic heterocycles.